The van der Waals surface area contributed by atoms with Crippen molar-refractivity contribution in [2.24, 2.45) is 0 Å². The highest BCUT2D eigenvalue weighted by atomic mass is 19.4. The Morgan fingerprint density at radius 1 is 1.43 bits per heavy atom. The van der Waals surface area contributed by atoms with Crippen LogP contribution in [0, 0.1) is 0 Å². The molecule has 0 amide bonds. The number of hydrogen-bond acceptors (Lipinski definition) is 2. The van der Waals surface area contributed by atoms with Crippen molar-refractivity contribution in [3.63, 3.8) is 0 Å². The molecule has 0 bridgehead atoms. The first-order valence-electron chi connectivity index (χ1n) is 3.17. The molecule has 4 nitrogen and oxygen atoms in total. The van der Waals surface area contributed by atoms with Crippen LogP contribution >= 0.6 is 0 Å². The van der Waals surface area contributed by atoms with E-state index in [1.165, 1.54) is 0 Å². The first-order valence-corrected chi connectivity index (χ1v) is 3.17. The number of rotatable bonds is 1. The lowest BCUT2D eigenvalue weighted by molar-refractivity contribution is -0.138. The van der Waals surface area contributed by atoms with Crippen LogP contribution in [0.2, 0.25) is 0 Å². The van der Waals surface area contributed by atoms with Crippen LogP contribution in [0.4, 0.5) is 13.2 Å². The van der Waals surface area contributed by atoms with E-state index in [1.807, 2.05) is 0 Å². The van der Waals surface area contributed by atoms with Crippen molar-refractivity contribution in [2.75, 3.05) is 0 Å². The number of hydrogen-bond donors (Lipinski definition) is 1. The molecular weight excluding hydrogens is 201 g/mol. The van der Waals surface area contributed by atoms with E-state index in [4.69, 9.17) is 5.11 Å². The standard InChI is InChI=1S/C7H4F3NO2.N/c8-7(9,10)5-1-2-11-3-4(5)6(12)13;/h1-3H,(H,12,13);. The van der Waals surface area contributed by atoms with Gasteiger partial charge in [0.1, 0.15) is 0 Å². The third-order valence-corrected chi connectivity index (χ3v) is 1.36. The summed E-state index contributed by atoms with van der Waals surface area (Å²) in [6.45, 7) is 0. The van der Waals surface area contributed by atoms with Crippen LogP contribution < -0.4 is 6.15 Å². The Bertz CT molecular complexity index is 338. The molecule has 1 aromatic heterocycles. The maximum absolute atomic E-state index is 12.1. The molecule has 0 saturated heterocycles. The molecule has 0 spiro atoms. The Kier molecular flexibility index (Phi) is 3.58. The van der Waals surface area contributed by atoms with Gasteiger partial charge in [-0.05, 0) is 6.07 Å². The van der Waals surface area contributed by atoms with Gasteiger partial charge in [0.05, 0.1) is 11.1 Å². The number of nitrogens with zero attached hydrogens (tertiary/aromatic N) is 2. The Morgan fingerprint density at radius 2 is 2.00 bits per heavy atom. The zero-order valence-electron chi connectivity index (χ0n) is 6.62. The van der Waals surface area contributed by atoms with Crippen LogP contribution in [0.15, 0.2) is 18.5 Å². The zero-order valence-corrected chi connectivity index (χ0v) is 6.62. The summed E-state index contributed by atoms with van der Waals surface area (Å²) in [5.41, 5.74) is -2.02. The third kappa shape index (κ3) is 2.43. The molecule has 1 N–H and O–H groups in total. The lowest BCUT2D eigenvalue weighted by Gasteiger charge is -2.08. The fourth-order valence-electron chi connectivity index (χ4n) is 0.812. The van der Waals surface area contributed by atoms with Crippen molar-refractivity contribution < 1.29 is 23.1 Å². The van der Waals surface area contributed by atoms with E-state index in [-0.39, 0.29) is 6.15 Å². The van der Waals surface area contributed by atoms with Crippen LogP contribution in [-0.2, 0) is 6.18 Å². The van der Waals surface area contributed by atoms with E-state index in [9.17, 15) is 18.0 Å². The molecule has 0 aromatic carbocycles. The fraction of sp³-hybridized carbons (Fsp3) is 0.143. The van der Waals surface area contributed by atoms with Gasteiger partial charge in [-0.15, -0.1) is 0 Å². The Hall–Kier alpha value is -1.63. The SMILES string of the molecule is O=C(O)c1cnccc1C(F)(F)F.[N]. The van der Waals surface area contributed by atoms with Gasteiger partial charge in [-0.2, -0.15) is 13.2 Å². The minimum Gasteiger partial charge on any atom is -0.478 e. The van der Waals surface area contributed by atoms with E-state index in [0.29, 0.717) is 12.3 Å². The lowest BCUT2D eigenvalue weighted by atomic mass is 10.1. The van der Waals surface area contributed by atoms with Crippen LogP contribution in [0.5, 0.6) is 0 Å². The Labute approximate surface area is 77.0 Å². The Morgan fingerprint density at radius 3 is 2.36 bits per heavy atom. The average Bonchev–Trinajstić information content (AvgIpc) is 2.03. The molecule has 1 heterocycles. The largest absolute Gasteiger partial charge is 0.478 e. The predicted octanol–water partition coefficient (Wildman–Crippen LogP) is 1.32. The summed E-state index contributed by atoms with van der Waals surface area (Å²) in [7, 11) is 0. The summed E-state index contributed by atoms with van der Waals surface area (Å²) in [6.07, 6.45) is -3.09. The van der Waals surface area contributed by atoms with Crippen molar-refractivity contribution in [1.82, 2.24) is 11.1 Å². The number of aromatic nitrogens is 1. The van der Waals surface area contributed by atoms with Crippen molar-refractivity contribution >= 4 is 5.97 Å². The summed E-state index contributed by atoms with van der Waals surface area (Å²) in [6, 6.07) is 0.628. The molecule has 0 aliphatic carbocycles. The number of alkyl halides is 3. The predicted molar refractivity (Wildman–Crippen MR) is 38.3 cm³/mol. The molecule has 0 fully saturated rings. The van der Waals surface area contributed by atoms with Gasteiger partial charge in [0, 0.05) is 18.5 Å². The summed E-state index contributed by atoms with van der Waals surface area (Å²) in [5, 5.41) is 8.39. The molecule has 14 heavy (non-hydrogen) atoms. The van der Waals surface area contributed by atoms with Gasteiger partial charge < -0.3 is 5.11 Å². The van der Waals surface area contributed by atoms with E-state index in [1.54, 1.807) is 0 Å². The minimum atomic E-state index is -4.66. The smallest absolute Gasteiger partial charge is 0.417 e. The molecule has 1 aromatic rings. The second-order valence-corrected chi connectivity index (χ2v) is 2.22. The summed E-state index contributed by atoms with van der Waals surface area (Å²) in [4.78, 5) is 13.6. The summed E-state index contributed by atoms with van der Waals surface area (Å²) >= 11 is 0. The summed E-state index contributed by atoms with van der Waals surface area (Å²) < 4.78 is 36.4. The first kappa shape index (κ1) is 12.4. The van der Waals surface area contributed by atoms with E-state index in [2.05, 4.69) is 4.98 Å². The van der Waals surface area contributed by atoms with E-state index < -0.39 is 23.3 Å². The molecule has 0 aliphatic heterocycles. The van der Waals surface area contributed by atoms with Gasteiger partial charge in [-0.3, -0.25) is 4.98 Å². The number of carbonyl (C=O) groups is 1. The maximum Gasteiger partial charge on any atom is 0.417 e. The molecular formula is C7H4F3N2O2. The van der Waals surface area contributed by atoms with Crippen molar-refractivity contribution in [3.05, 3.63) is 29.6 Å². The lowest BCUT2D eigenvalue weighted by Crippen LogP contribution is -2.12. The average molecular weight is 205 g/mol. The van der Waals surface area contributed by atoms with Gasteiger partial charge in [0.25, 0.3) is 0 Å². The molecule has 7 heteroatoms. The number of halogens is 3. The minimum absolute atomic E-state index is 0. The fourth-order valence-corrected chi connectivity index (χ4v) is 0.812. The monoisotopic (exact) mass is 205 g/mol. The topological polar surface area (TPSA) is 80.7 Å². The van der Waals surface area contributed by atoms with Gasteiger partial charge in [0.2, 0.25) is 0 Å². The second-order valence-electron chi connectivity index (χ2n) is 2.22. The summed E-state index contributed by atoms with van der Waals surface area (Å²) in [5.74, 6) is -1.64. The quantitative estimate of drug-likeness (QED) is 0.750. The van der Waals surface area contributed by atoms with E-state index >= 15 is 0 Å². The van der Waals surface area contributed by atoms with Crippen LogP contribution in [0.3, 0.4) is 0 Å². The first-order chi connectivity index (χ1) is 5.93. The Balaban J connectivity index is 0.00000169. The molecule has 0 atom stereocenters. The number of pyridine rings is 1. The number of aromatic carboxylic acids is 1. The van der Waals surface area contributed by atoms with Gasteiger partial charge >= 0.3 is 12.1 Å². The third-order valence-electron chi connectivity index (χ3n) is 1.36. The van der Waals surface area contributed by atoms with Crippen LogP contribution in [0.25, 0.3) is 0 Å². The van der Waals surface area contributed by atoms with Crippen molar-refractivity contribution in [1.29, 1.82) is 0 Å². The second kappa shape index (κ2) is 4.05. The molecule has 0 saturated carbocycles. The molecule has 1 rings (SSSR count). The van der Waals surface area contributed by atoms with Crippen molar-refractivity contribution in [3.8, 4) is 0 Å². The highest BCUT2D eigenvalue weighted by Crippen LogP contribution is 2.31. The van der Waals surface area contributed by atoms with Crippen LogP contribution in [-0.4, -0.2) is 16.1 Å². The number of carboxylic acids is 1. The molecule has 0 aliphatic rings. The normalized spacial score (nSPS) is 10.5. The van der Waals surface area contributed by atoms with E-state index in [0.717, 1.165) is 6.20 Å². The highest BCUT2D eigenvalue weighted by Gasteiger charge is 2.35. The molecule has 3 radical (unpaired) electrons. The highest BCUT2D eigenvalue weighted by molar-refractivity contribution is 5.89. The van der Waals surface area contributed by atoms with Gasteiger partial charge in [-0.25, -0.2) is 4.79 Å². The van der Waals surface area contributed by atoms with Gasteiger partial charge in [-0.1, -0.05) is 0 Å². The zero-order chi connectivity index (χ0) is 10.1. The molecule has 0 unspecified atom stereocenters. The molecule has 75 valence electrons. The van der Waals surface area contributed by atoms with Crippen molar-refractivity contribution in [2.45, 2.75) is 6.18 Å². The maximum atomic E-state index is 12.1. The van der Waals surface area contributed by atoms with Crippen LogP contribution in [0.1, 0.15) is 15.9 Å². The number of carboxylic acid groups (broad SMARTS) is 1. The van der Waals surface area contributed by atoms with Gasteiger partial charge in [0.15, 0.2) is 0 Å².